The van der Waals surface area contributed by atoms with Gasteiger partial charge in [-0.2, -0.15) is 0 Å². The average molecular weight is 563 g/mol. The first-order valence-corrected chi connectivity index (χ1v) is 17.9. The maximum absolute atomic E-state index is 14.2. The Kier molecular flexibility index (Phi) is 7.51. The third-order valence-corrected chi connectivity index (χ3v) is 19.2. The van der Waals surface area contributed by atoms with Crippen molar-refractivity contribution in [2.24, 2.45) is 0 Å². The van der Waals surface area contributed by atoms with Gasteiger partial charge in [0.2, 0.25) is 18.3 Å². The monoisotopic (exact) mass is 562 g/mol. The van der Waals surface area contributed by atoms with Gasteiger partial charge < -0.3 is 5.32 Å². The van der Waals surface area contributed by atoms with Crippen LogP contribution in [-0.4, -0.2) is 42.9 Å². The van der Waals surface area contributed by atoms with Gasteiger partial charge in [-0.1, -0.05) is 100 Å². The SMILES string of the molecule is CCNC1C=C(S(=O)(=O)N[Si](c2ccccc2)(c2ccccc2)C(C)(C)C)SC2=C1CC(C)S2(=O)=O. The Balaban J connectivity index is 1.87. The molecule has 36 heavy (non-hydrogen) atoms. The van der Waals surface area contributed by atoms with Crippen LogP contribution >= 0.6 is 11.8 Å². The standard InChI is InChI=1S/C26H34N2O4S3Si/c1-6-27-23-18-24(33-25-22(23)17-19(2)34(25,29)30)35(31,32)28-36(26(3,4)5,20-13-9-7-10-14-20)21-15-11-8-12-16-21/h7-16,18-19,23,27-28H,6,17H2,1-5H3. The molecule has 0 spiro atoms. The first-order valence-electron chi connectivity index (χ1n) is 12.1. The van der Waals surface area contributed by atoms with Gasteiger partial charge in [-0.3, -0.25) is 0 Å². The largest absolute Gasteiger partial charge is 0.307 e. The van der Waals surface area contributed by atoms with Crippen molar-refractivity contribution in [3.05, 3.63) is 80.8 Å². The molecule has 6 nitrogen and oxygen atoms in total. The van der Waals surface area contributed by atoms with E-state index < -0.39 is 44.4 Å². The lowest BCUT2D eigenvalue weighted by molar-refractivity contribution is 0.593. The molecule has 2 heterocycles. The molecule has 0 saturated heterocycles. The second-order valence-electron chi connectivity index (χ2n) is 10.3. The summed E-state index contributed by atoms with van der Waals surface area (Å²) in [5.74, 6) is 0. The zero-order chi connectivity index (χ0) is 26.4. The lowest BCUT2D eigenvalue weighted by Gasteiger charge is -2.44. The summed E-state index contributed by atoms with van der Waals surface area (Å²) in [4.78, 5) is 0. The predicted molar refractivity (Wildman–Crippen MR) is 153 cm³/mol. The minimum absolute atomic E-state index is 0.0397. The van der Waals surface area contributed by atoms with Gasteiger partial charge in [-0.15, -0.1) is 0 Å². The number of nitrogens with one attached hydrogen (secondary N) is 2. The zero-order valence-electron chi connectivity index (χ0n) is 21.3. The molecule has 0 aliphatic carbocycles. The Bertz CT molecular complexity index is 1360. The molecule has 0 bridgehead atoms. The van der Waals surface area contributed by atoms with Crippen molar-refractivity contribution in [1.29, 1.82) is 0 Å². The van der Waals surface area contributed by atoms with E-state index >= 15 is 0 Å². The summed E-state index contributed by atoms with van der Waals surface area (Å²) in [6, 6.07) is 19.1. The summed E-state index contributed by atoms with van der Waals surface area (Å²) >= 11 is 0.876. The molecule has 194 valence electrons. The number of sulfonamides is 1. The number of likely N-dealkylation sites (N-methyl/N-ethyl adjacent to an activating group) is 1. The molecule has 0 saturated carbocycles. The Morgan fingerprint density at radius 1 is 1.00 bits per heavy atom. The van der Waals surface area contributed by atoms with Gasteiger partial charge in [-0.05, 0) is 47.0 Å². The number of hydrogen-bond donors (Lipinski definition) is 2. The molecule has 2 N–H and O–H groups in total. The smallest absolute Gasteiger partial charge is 0.241 e. The fourth-order valence-electron chi connectivity index (χ4n) is 5.09. The van der Waals surface area contributed by atoms with Crippen LogP contribution in [0.4, 0.5) is 0 Å². The highest BCUT2D eigenvalue weighted by Crippen LogP contribution is 2.48. The maximum Gasteiger partial charge on any atom is 0.241 e. The quantitative estimate of drug-likeness (QED) is 0.503. The minimum atomic E-state index is -4.08. The number of sulfone groups is 1. The predicted octanol–water partition coefficient (Wildman–Crippen LogP) is 3.45. The summed E-state index contributed by atoms with van der Waals surface area (Å²) in [6.07, 6.45) is 2.09. The first-order chi connectivity index (χ1) is 16.8. The van der Waals surface area contributed by atoms with Crippen LogP contribution < -0.4 is 20.1 Å². The van der Waals surface area contributed by atoms with Crippen molar-refractivity contribution in [1.82, 2.24) is 9.70 Å². The number of rotatable bonds is 7. The van der Waals surface area contributed by atoms with E-state index in [0.29, 0.717) is 13.0 Å². The van der Waals surface area contributed by atoms with Crippen LogP contribution in [0.1, 0.15) is 41.0 Å². The summed E-state index contributed by atoms with van der Waals surface area (Å²) in [6.45, 7) is 10.4. The third kappa shape index (κ3) is 4.67. The van der Waals surface area contributed by atoms with E-state index in [9.17, 15) is 16.8 Å². The van der Waals surface area contributed by atoms with E-state index in [-0.39, 0.29) is 8.47 Å². The lowest BCUT2D eigenvalue weighted by Crippen LogP contribution is -2.74. The van der Waals surface area contributed by atoms with E-state index in [2.05, 4.69) is 30.5 Å². The third-order valence-electron chi connectivity index (χ3n) is 6.94. The highest BCUT2D eigenvalue weighted by atomic mass is 32.3. The van der Waals surface area contributed by atoms with Gasteiger partial charge in [-0.25, -0.2) is 21.2 Å². The van der Waals surface area contributed by atoms with E-state index in [4.69, 9.17) is 0 Å². The van der Waals surface area contributed by atoms with Gasteiger partial charge >= 0.3 is 0 Å². The van der Waals surface area contributed by atoms with Crippen molar-refractivity contribution in [2.75, 3.05) is 6.54 Å². The van der Waals surface area contributed by atoms with Gasteiger partial charge in [0, 0.05) is 0 Å². The average Bonchev–Trinajstić information content (AvgIpc) is 3.06. The first kappa shape index (κ1) is 27.3. The number of thioether (sulfide) groups is 1. The van der Waals surface area contributed by atoms with E-state index in [1.165, 1.54) is 0 Å². The molecule has 4 rings (SSSR count). The molecule has 0 aromatic heterocycles. The van der Waals surface area contributed by atoms with E-state index in [1.54, 1.807) is 13.0 Å². The van der Waals surface area contributed by atoms with Gasteiger partial charge in [0.1, 0.15) is 8.47 Å². The molecule has 2 aromatic rings. The highest BCUT2D eigenvalue weighted by Gasteiger charge is 2.52. The van der Waals surface area contributed by atoms with Crippen molar-refractivity contribution < 1.29 is 16.8 Å². The fourth-order valence-corrected chi connectivity index (χ4v) is 17.6. The number of benzene rings is 2. The Morgan fingerprint density at radius 2 is 1.53 bits per heavy atom. The van der Waals surface area contributed by atoms with Crippen molar-refractivity contribution in [3.8, 4) is 0 Å². The van der Waals surface area contributed by atoms with Crippen LogP contribution in [0, 0.1) is 0 Å². The Morgan fingerprint density at radius 3 is 2.00 bits per heavy atom. The Labute approximate surface area is 220 Å². The molecule has 2 aromatic carbocycles. The Hall–Kier alpha value is -1.69. The van der Waals surface area contributed by atoms with Crippen LogP contribution in [0.15, 0.2) is 80.8 Å². The minimum Gasteiger partial charge on any atom is -0.307 e. The van der Waals surface area contributed by atoms with Crippen molar-refractivity contribution in [3.63, 3.8) is 0 Å². The van der Waals surface area contributed by atoms with Crippen LogP contribution in [0.3, 0.4) is 0 Å². The zero-order valence-corrected chi connectivity index (χ0v) is 24.7. The molecule has 0 amide bonds. The van der Waals surface area contributed by atoms with Crippen molar-refractivity contribution >= 4 is 50.2 Å². The number of hydrogen-bond acceptors (Lipinski definition) is 6. The summed E-state index contributed by atoms with van der Waals surface area (Å²) < 4.78 is 58.1. The van der Waals surface area contributed by atoms with E-state index in [1.807, 2.05) is 67.6 Å². The van der Waals surface area contributed by atoms with Crippen LogP contribution in [0.25, 0.3) is 0 Å². The molecule has 2 aliphatic rings. The van der Waals surface area contributed by atoms with Crippen LogP contribution in [0.5, 0.6) is 0 Å². The summed E-state index contributed by atoms with van der Waals surface area (Å²) in [5, 5.41) is 4.17. The lowest BCUT2D eigenvalue weighted by atomic mass is 10.0. The fraction of sp³-hybridized carbons (Fsp3) is 0.385. The normalized spacial score (nSPS) is 22.3. The summed E-state index contributed by atoms with van der Waals surface area (Å²) in [5.41, 5.74) is 0.763. The van der Waals surface area contributed by atoms with Crippen molar-refractivity contribution in [2.45, 2.75) is 57.4 Å². The molecule has 10 heteroatoms. The molecule has 2 atom stereocenters. The van der Waals surface area contributed by atoms with Crippen LogP contribution in [-0.2, 0) is 19.9 Å². The molecule has 0 fully saturated rings. The van der Waals surface area contributed by atoms with Gasteiger partial charge in [0.25, 0.3) is 0 Å². The van der Waals surface area contributed by atoms with Gasteiger partial charge in [0.15, 0.2) is 9.84 Å². The molecule has 0 radical (unpaired) electrons. The molecular weight excluding hydrogens is 529 g/mol. The maximum atomic E-state index is 14.2. The van der Waals surface area contributed by atoms with Gasteiger partial charge in [0.05, 0.1) is 11.3 Å². The summed E-state index contributed by atoms with van der Waals surface area (Å²) in [7, 11) is -10.8. The topological polar surface area (TPSA) is 92.3 Å². The second-order valence-corrected chi connectivity index (χ2v) is 20.6. The van der Waals surface area contributed by atoms with Crippen LogP contribution in [0.2, 0.25) is 5.04 Å². The second kappa shape index (κ2) is 9.88. The van der Waals surface area contributed by atoms with E-state index in [0.717, 1.165) is 27.7 Å². The molecule has 2 unspecified atom stereocenters. The molecular formula is C26H34N2O4S3Si. The molecule has 2 aliphatic heterocycles. The highest BCUT2D eigenvalue weighted by molar-refractivity contribution is 8.28.